The van der Waals surface area contributed by atoms with Gasteiger partial charge >= 0.3 is 5.97 Å². The predicted octanol–water partition coefficient (Wildman–Crippen LogP) is 1.12. The summed E-state index contributed by atoms with van der Waals surface area (Å²) in [5.41, 5.74) is 1.40. The lowest BCUT2D eigenvalue weighted by molar-refractivity contribution is -0.144. The number of hydrogen-bond acceptors (Lipinski definition) is 4. The highest BCUT2D eigenvalue weighted by Gasteiger charge is 2.51. The number of amides is 1. The Balaban J connectivity index is 1.44. The van der Waals surface area contributed by atoms with Crippen LogP contribution < -0.4 is 5.32 Å². The molecular weight excluding hydrogens is 308 g/mol. The summed E-state index contributed by atoms with van der Waals surface area (Å²) in [4.78, 5) is 33.3. The molecule has 0 aliphatic carbocycles. The van der Waals surface area contributed by atoms with Crippen LogP contribution in [-0.2, 0) is 16.1 Å². The van der Waals surface area contributed by atoms with Gasteiger partial charge in [0, 0.05) is 19.5 Å². The van der Waals surface area contributed by atoms with Crippen molar-refractivity contribution in [3.63, 3.8) is 0 Å². The van der Waals surface area contributed by atoms with Crippen LogP contribution in [0.5, 0.6) is 0 Å². The number of fused-ring (bicyclic) bond motifs is 1. The van der Waals surface area contributed by atoms with Crippen LogP contribution in [0.2, 0.25) is 0 Å². The molecule has 3 heterocycles. The molecule has 2 saturated heterocycles. The number of likely N-dealkylation sites (tertiary alicyclic amines) is 1. The molecule has 3 N–H and O–H groups in total. The minimum atomic E-state index is -0.876. The van der Waals surface area contributed by atoms with Gasteiger partial charge in [0.05, 0.1) is 29.0 Å². The van der Waals surface area contributed by atoms with Gasteiger partial charge in [0.25, 0.3) is 0 Å². The summed E-state index contributed by atoms with van der Waals surface area (Å²) in [7, 11) is 0. The van der Waals surface area contributed by atoms with Crippen molar-refractivity contribution < 1.29 is 14.7 Å². The zero-order chi connectivity index (χ0) is 16.7. The molecule has 126 valence electrons. The number of carboxylic acid groups (broad SMARTS) is 1. The van der Waals surface area contributed by atoms with Crippen molar-refractivity contribution >= 4 is 22.9 Å². The Morgan fingerprint density at radius 1 is 1.33 bits per heavy atom. The number of nitrogens with one attached hydrogen (secondary N) is 2. The van der Waals surface area contributed by atoms with Gasteiger partial charge in [0.2, 0.25) is 5.91 Å². The lowest BCUT2D eigenvalue weighted by atomic mass is 9.78. The SMILES string of the molecule is O=C1CC(C(=O)O)C2(CCN(Cc3nc4ccccc4[nH]3)CC2)N1. The molecule has 2 aromatic rings. The van der Waals surface area contributed by atoms with Gasteiger partial charge in [-0.25, -0.2) is 4.98 Å². The molecule has 7 nitrogen and oxygen atoms in total. The van der Waals surface area contributed by atoms with E-state index in [9.17, 15) is 14.7 Å². The van der Waals surface area contributed by atoms with E-state index in [-0.39, 0.29) is 12.3 Å². The number of carbonyl (C=O) groups is 2. The second kappa shape index (κ2) is 5.59. The summed E-state index contributed by atoms with van der Waals surface area (Å²) in [5, 5.41) is 12.3. The molecule has 7 heteroatoms. The smallest absolute Gasteiger partial charge is 0.309 e. The number of aromatic nitrogens is 2. The van der Waals surface area contributed by atoms with Crippen molar-refractivity contribution in [1.29, 1.82) is 0 Å². The molecule has 2 fully saturated rings. The Morgan fingerprint density at radius 2 is 2.08 bits per heavy atom. The molecule has 0 bridgehead atoms. The van der Waals surface area contributed by atoms with Gasteiger partial charge in [-0.1, -0.05) is 12.1 Å². The molecule has 1 unspecified atom stereocenters. The number of nitrogens with zero attached hydrogens (tertiary/aromatic N) is 2. The van der Waals surface area contributed by atoms with Crippen LogP contribution in [0, 0.1) is 5.92 Å². The molecule has 24 heavy (non-hydrogen) atoms. The second-order valence-electron chi connectivity index (χ2n) is 6.78. The van der Waals surface area contributed by atoms with Crippen LogP contribution in [0.25, 0.3) is 11.0 Å². The number of H-pyrrole nitrogens is 1. The average molecular weight is 328 g/mol. The second-order valence-corrected chi connectivity index (χ2v) is 6.78. The van der Waals surface area contributed by atoms with Crippen LogP contribution in [0.4, 0.5) is 0 Å². The van der Waals surface area contributed by atoms with Crippen molar-refractivity contribution in [2.75, 3.05) is 13.1 Å². The van der Waals surface area contributed by atoms with Gasteiger partial charge in [-0.3, -0.25) is 14.5 Å². The van der Waals surface area contributed by atoms with Crippen LogP contribution in [0.1, 0.15) is 25.1 Å². The van der Waals surface area contributed by atoms with E-state index in [0.29, 0.717) is 19.4 Å². The average Bonchev–Trinajstić information content (AvgIpc) is 3.10. The number of aliphatic carboxylic acids is 1. The zero-order valence-corrected chi connectivity index (χ0v) is 13.3. The quantitative estimate of drug-likeness (QED) is 0.784. The molecule has 2 aliphatic heterocycles. The normalized spacial score (nSPS) is 23.7. The van der Waals surface area contributed by atoms with E-state index in [1.165, 1.54) is 0 Å². The standard InChI is InChI=1S/C17H20N4O3/c22-15-9-11(16(23)24)17(20-15)5-7-21(8-6-17)10-14-18-12-3-1-2-4-13(12)19-14/h1-4,11H,5-10H2,(H,18,19)(H,20,22)(H,23,24). The van der Waals surface area contributed by atoms with Gasteiger partial charge in [-0.05, 0) is 25.0 Å². The highest BCUT2D eigenvalue weighted by atomic mass is 16.4. The third-order valence-electron chi connectivity index (χ3n) is 5.30. The van der Waals surface area contributed by atoms with E-state index < -0.39 is 17.4 Å². The van der Waals surface area contributed by atoms with E-state index >= 15 is 0 Å². The number of piperidine rings is 1. The van der Waals surface area contributed by atoms with Crippen molar-refractivity contribution in [2.24, 2.45) is 5.92 Å². The highest BCUT2D eigenvalue weighted by molar-refractivity contribution is 5.88. The summed E-state index contributed by atoms with van der Waals surface area (Å²) >= 11 is 0. The Kier molecular flexibility index (Phi) is 3.53. The third-order valence-corrected chi connectivity index (χ3v) is 5.30. The number of aromatic amines is 1. The number of carboxylic acids is 1. The van der Waals surface area contributed by atoms with Gasteiger partial charge in [-0.15, -0.1) is 0 Å². The summed E-state index contributed by atoms with van der Waals surface area (Å²) in [5.74, 6) is -0.719. The Morgan fingerprint density at radius 3 is 2.79 bits per heavy atom. The van der Waals surface area contributed by atoms with E-state index in [1.807, 2.05) is 24.3 Å². The van der Waals surface area contributed by atoms with Crippen LogP contribution >= 0.6 is 0 Å². The first-order chi connectivity index (χ1) is 11.6. The molecule has 0 radical (unpaired) electrons. The minimum absolute atomic E-state index is 0.0961. The first-order valence-electron chi connectivity index (χ1n) is 8.25. The largest absolute Gasteiger partial charge is 0.481 e. The number of rotatable bonds is 3. The fraction of sp³-hybridized carbons (Fsp3) is 0.471. The predicted molar refractivity (Wildman–Crippen MR) is 87.2 cm³/mol. The van der Waals surface area contributed by atoms with Gasteiger partial charge in [-0.2, -0.15) is 0 Å². The first-order valence-corrected chi connectivity index (χ1v) is 8.25. The van der Waals surface area contributed by atoms with Crippen LogP contribution in [-0.4, -0.2) is 50.5 Å². The monoisotopic (exact) mass is 328 g/mol. The Hall–Kier alpha value is -2.41. The van der Waals surface area contributed by atoms with Gasteiger partial charge in [0.1, 0.15) is 5.82 Å². The fourth-order valence-corrected chi connectivity index (χ4v) is 4.00. The molecule has 2 aliphatic rings. The van der Waals surface area contributed by atoms with Crippen LogP contribution in [0.3, 0.4) is 0 Å². The number of benzene rings is 1. The maximum atomic E-state index is 11.7. The number of carbonyl (C=O) groups excluding carboxylic acids is 1. The van der Waals surface area contributed by atoms with E-state index in [4.69, 9.17) is 0 Å². The van der Waals surface area contributed by atoms with Crippen molar-refractivity contribution in [2.45, 2.75) is 31.3 Å². The summed E-state index contributed by atoms with van der Waals surface area (Å²) in [6.45, 7) is 2.21. The molecule has 1 aromatic carbocycles. The van der Waals surface area contributed by atoms with E-state index in [0.717, 1.165) is 29.9 Å². The molecule has 1 spiro atoms. The number of hydrogen-bond donors (Lipinski definition) is 3. The van der Waals surface area contributed by atoms with Gasteiger partial charge < -0.3 is 15.4 Å². The molecule has 1 amide bonds. The number of imidazole rings is 1. The zero-order valence-electron chi connectivity index (χ0n) is 13.3. The highest BCUT2D eigenvalue weighted by Crippen LogP contribution is 2.37. The Labute approximate surface area is 139 Å². The summed E-state index contributed by atoms with van der Waals surface area (Å²) in [6.07, 6.45) is 1.42. The summed E-state index contributed by atoms with van der Waals surface area (Å²) in [6, 6.07) is 7.92. The van der Waals surface area contributed by atoms with E-state index in [2.05, 4.69) is 20.2 Å². The number of para-hydroxylation sites is 2. The van der Waals surface area contributed by atoms with Crippen LogP contribution in [0.15, 0.2) is 24.3 Å². The first kappa shape index (κ1) is 15.1. The van der Waals surface area contributed by atoms with Crippen molar-refractivity contribution in [3.8, 4) is 0 Å². The minimum Gasteiger partial charge on any atom is -0.481 e. The molecule has 4 rings (SSSR count). The lowest BCUT2D eigenvalue weighted by Crippen LogP contribution is -2.55. The lowest BCUT2D eigenvalue weighted by Gasteiger charge is -2.41. The molecule has 1 atom stereocenters. The van der Waals surface area contributed by atoms with E-state index in [1.54, 1.807) is 0 Å². The molecule has 0 saturated carbocycles. The molecular formula is C17H20N4O3. The fourth-order valence-electron chi connectivity index (χ4n) is 4.00. The maximum Gasteiger partial charge on any atom is 0.309 e. The maximum absolute atomic E-state index is 11.7. The Bertz CT molecular complexity index is 759. The van der Waals surface area contributed by atoms with Gasteiger partial charge in [0.15, 0.2) is 0 Å². The summed E-state index contributed by atoms with van der Waals surface area (Å²) < 4.78 is 0. The topological polar surface area (TPSA) is 98.3 Å². The molecule has 1 aromatic heterocycles. The third kappa shape index (κ3) is 2.54. The van der Waals surface area contributed by atoms with Crippen molar-refractivity contribution in [3.05, 3.63) is 30.1 Å². The van der Waals surface area contributed by atoms with Crippen molar-refractivity contribution in [1.82, 2.24) is 20.2 Å².